The fraction of sp³-hybridized carbons (Fsp3) is 0.900. The van der Waals surface area contributed by atoms with Crippen molar-refractivity contribution in [2.24, 2.45) is 34.5 Å². The van der Waals surface area contributed by atoms with Gasteiger partial charge in [-0.15, -0.1) is 0 Å². The van der Waals surface area contributed by atoms with E-state index in [2.05, 4.69) is 32.9 Å². The van der Waals surface area contributed by atoms with Crippen molar-refractivity contribution < 1.29 is 5.11 Å². The molecule has 0 aromatic rings. The predicted molar refractivity (Wildman–Crippen MR) is 86.9 cm³/mol. The number of aliphatic hydroxyl groups is 1. The lowest BCUT2D eigenvalue weighted by Gasteiger charge is -2.61. The lowest BCUT2D eigenvalue weighted by Crippen LogP contribution is -2.54. The monoisotopic (exact) mass is 288 g/mol. The maximum Gasteiger partial charge on any atom is 0.0622 e. The van der Waals surface area contributed by atoms with Crippen LogP contribution in [0, 0.1) is 34.5 Å². The van der Waals surface area contributed by atoms with Gasteiger partial charge in [-0.1, -0.05) is 26.0 Å². The molecule has 0 saturated heterocycles. The van der Waals surface area contributed by atoms with Crippen LogP contribution >= 0.6 is 0 Å². The fourth-order valence-corrected chi connectivity index (χ4v) is 6.91. The predicted octanol–water partition coefficient (Wildman–Crippen LogP) is 4.95. The summed E-state index contributed by atoms with van der Waals surface area (Å²) >= 11 is 0. The molecule has 0 amide bonds. The smallest absolute Gasteiger partial charge is 0.0622 e. The summed E-state index contributed by atoms with van der Waals surface area (Å²) in [5.41, 5.74) is 0.620. The highest BCUT2D eigenvalue weighted by atomic mass is 16.3. The van der Waals surface area contributed by atoms with Crippen LogP contribution in [-0.4, -0.2) is 10.7 Å². The van der Waals surface area contributed by atoms with Crippen molar-refractivity contribution >= 4 is 0 Å². The van der Waals surface area contributed by atoms with Crippen molar-refractivity contribution in [2.75, 3.05) is 0 Å². The van der Waals surface area contributed by atoms with E-state index in [1.165, 1.54) is 38.5 Å². The first-order valence-corrected chi connectivity index (χ1v) is 9.24. The number of hydrogen-bond acceptors (Lipinski definition) is 1. The highest BCUT2D eigenvalue weighted by molar-refractivity contribution is 5.16. The second-order valence-electron chi connectivity index (χ2n) is 9.54. The molecule has 4 aliphatic rings. The Kier molecular flexibility index (Phi) is 2.98. The van der Waals surface area contributed by atoms with E-state index in [0.717, 1.165) is 36.5 Å². The molecule has 3 saturated carbocycles. The average Bonchev–Trinajstić information content (AvgIpc) is 2.81. The molecule has 1 heteroatoms. The molecule has 4 aliphatic carbocycles. The van der Waals surface area contributed by atoms with E-state index in [1.807, 2.05) is 0 Å². The molecule has 1 nitrogen and oxygen atoms in total. The van der Waals surface area contributed by atoms with Crippen molar-refractivity contribution in [2.45, 2.75) is 77.7 Å². The molecule has 118 valence electrons. The van der Waals surface area contributed by atoms with Crippen LogP contribution in [0.3, 0.4) is 0 Å². The Bertz CT molecular complexity index is 464. The molecule has 4 rings (SSSR count). The van der Waals surface area contributed by atoms with Gasteiger partial charge in [0.1, 0.15) is 0 Å². The first kappa shape index (κ1) is 14.3. The van der Waals surface area contributed by atoms with E-state index >= 15 is 0 Å². The SMILES string of the molecule is CC1(O)CC[C@@]2(C)C(CC[C@H]3[C@@H]4CC=C[C@@]4(C)CC[C@@H]32)C1. The van der Waals surface area contributed by atoms with Crippen molar-refractivity contribution in [1.29, 1.82) is 0 Å². The fourth-order valence-electron chi connectivity index (χ4n) is 6.91. The third-order valence-corrected chi connectivity index (χ3v) is 8.28. The van der Waals surface area contributed by atoms with Gasteiger partial charge in [0, 0.05) is 0 Å². The van der Waals surface area contributed by atoms with Crippen molar-refractivity contribution in [3.8, 4) is 0 Å². The minimum absolute atomic E-state index is 0.394. The van der Waals surface area contributed by atoms with E-state index < -0.39 is 5.60 Å². The van der Waals surface area contributed by atoms with Gasteiger partial charge in [-0.3, -0.25) is 0 Å². The number of fused-ring (bicyclic) bond motifs is 5. The molecule has 1 N–H and O–H groups in total. The van der Waals surface area contributed by atoms with E-state index in [4.69, 9.17) is 0 Å². The molecular formula is C20H32O. The van der Waals surface area contributed by atoms with Gasteiger partial charge in [0.05, 0.1) is 5.60 Å². The van der Waals surface area contributed by atoms with E-state index in [9.17, 15) is 5.11 Å². The van der Waals surface area contributed by atoms with Crippen molar-refractivity contribution in [3.63, 3.8) is 0 Å². The number of hydrogen-bond donors (Lipinski definition) is 1. The van der Waals surface area contributed by atoms with Crippen LogP contribution in [-0.2, 0) is 0 Å². The highest BCUT2D eigenvalue weighted by Gasteiger charge is 2.57. The average molecular weight is 288 g/mol. The van der Waals surface area contributed by atoms with Gasteiger partial charge in [0.25, 0.3) is 0 Å². The van der Waals surface area contributed by atoms with Crippen LogP contribution in [0.25, 0.3) is 0 Å². The second-order valence-corrected chi connectivity index (χ2v) is 9.54. The summed E-state index contributed by atoms with van der Waals surface area (Å²) in [7, 11) is 0. The van der Waals surface area contributed by atoms with Gasteiger partial charge in [-0.25, -0.2) is 0 Å². The lowest BCUT2D eigenvalue weighted by atomic mass is 9.44. The maximum absolute atomic E-state index is 10.5. The van der Waals surface area contributed by atoms with E-state index in [-0.39, 0.29) is 0 Å². The van der Waals surface area contributed by atoms with Gasteiger partial charge in [0.15, 0.2) is 0 Å². The molecular weight excluding hydrogens is 256 g/mol. The molecule has 0 aliphatic heterocycles. The van der Waals surface area contributed by atoms with Gasteiger partial charge in [-0.2, -0.15) is 0 Å². The third-order valence-electron chi connectivity index (χ3n) is 8.28. The molecule has 3 fully saturated rings. The maximum atomic E-state index is 10.5. The van der Waals surface area contributed by atoms with Crippen LogP contribution in [0.4, 0.5) is 0 Å². The summed E-state index contributed by atoms with van der Waals surface area (Å²) in [5, 5.41) is 10.5. The van der Waals surface area contributed by atoms with Crippen LogP contribution in [0.2, 0.25) is 0 Å². The quantitative estimate of drug-likeness (QED) is 0.626. The topological polar surface area (TPSA) is 20.2 Å². The van der Waals surface area contributed by atoms with Gasteiger partial charge in [0.2, 0.25) is 0 Å². The summed E-state index contributed by atoms with van der Waals surface area (Å²) in [6.07, 6.45) is 15.3. The Balaban J connectivity index is 1.62. The molecule has 0 aromatic heterocycles. The highest BCUT2D eigenvalue weighted by Crippen LogP contribution is 2.65. The normalized spacial score (nSPS) is 59.2. The summed E-state index contributed by atoms with van der Waals surface area (Å²) in [4.78, 5) is 0. The first-order chi connectivity index (χ1) is 9.84. The zero-order valence-corrected chi connectivity index (χ0v) is 14.1. The van der Waals surface area contributed by atoms with Crippen LogP contribution in [0.5, 0.6) is 0 Å². The Morgan fingerprint density at radius 2 is 1.76 bits per heavy atom. The van der Waals surface area contributed by atoms with Gasteiger partial charge < -0.3 is 5.11 Å². The Morgan fingerprint density at radius 3 is 2.57 bits per heavy atom. The van der Waals surface area contributed by atoms with Crippen molar-refractivity contribution in [3.05, 3.63) is 12.2 Å². The van der Waals surface area contributed by atoms with Crippen LogP contribution in [0.1, 0.15) is 72.1 Å². The molecule has 2 unspecified atom stereocenters. The zero-order valence-electron chi connectivity index (χ0n) is 14.1. The number of allylic oxidation sites excluding steroid dienone is 2. The van der Waals surface area contributed by atoms with E-state index in [0.29, 0.717) is 10.8 Å². The largest absolute Gasteiger partial charge is 0.390 e. The van der Waals surface area contributed by atoms with Crippen LogP contribution < -0.4 is 0 Å². The molecule has 21 heavy (non-hydrogen) atoms. The standard InChI is InChI=1S/C20H32O/c1-18-9-4-5-16(18)15-7-6-14-13-19(2,21)11-12-20(14,3)17(15)8-10-18/h4,9,14-17,21H,5-8,10-13H2,1-3H3/t14?,15-,16-,17-,18-,19?,20-/m0/s1. The second kappa shape index (κ2) is 4.37. The lowest BCUT2D eigenvalue weighted by molar-refractivity contribution is -0.139. The molecule has 0 bridgehead atoms. The summed E-state index contributed by atoms with van der Waals surface area (Å²) in [6.45, 7) is 7.16. The van der Waals surface area contributed by atoms with Crippen LogP contribution in [0.15, 0.2) is 12.2 Å². The number of rotatable bonds is 0. The Labute approximate surface area is 130 Å². The molecule has 0 spiro atoms. The summed E-state index contributed by atoms with van der Waals surface area (Å²) in [5.74, 6) is 3.55. The molecule has 0 heterocycles. The Hall–Kier alpha value is -0.300. The third kappa shape index (κ3) is 1.99. The van der Waals surface area contributed by atoms with Crippen molar-refractivity contribution in [1.82, 2.24) is 0 Å². The minimum atomic E-state index is -0.394. The Morgan fingerprint density at radius 1 is 0.952 bits per heavy atom. The van der Waals surface area contributed by atoms with E-state index in [1.54, 1.807) is 0 Å². The molecule has 0 aromatic carbocycles. The van der Waals surface area contributed by atoms with Gasteiger partial charge >= 0.3 is 0 Å². The molecule has 7 atom stereocenters. The zero-order chi connectivity index (χ0) is 14.9. The summed E-state index contributed by atoms with van der Waals surface area (Å²) < 4.78 is 0. The van der Waals surface area contributed by atoms with Gasteiger partial charge in [-0.05, 0) is 92.8 Å². The summed E-state index contributed by atoms with van der Waals surface area (Å²) in [6, 6.07) is 0. The first-order valence-electron chi connectivity index (χ1n) is 9.24. The molecule has 0 radical (unpaired) electrons. The minimum Gasteiger partial charge on any atom is -0.390 e.